The smallest absolute Gasteiger partial charge is 0.328 e. The van der Waals surface area contributed by atoms with Gasteiger partial charge in [0.25, 0.3) is 5.91 Å². The van der Waals surface area contributed by atoms with Gasteiger partial charge in [0.2, 0.25) is 5.91 Å². The fourth-order valence-electron chi connectivity index (χ4n) is 3.55. The first kappa shape index (κ1) is 24.0. The van der Waals surface area contributed by atoms with Crippen LogP contribution in [-0.4, -0.2) is 43.5 Å². The van der Waals surface area contributed by atoms with Crippen molar-refractivity contribution in [2.24, 2.45) is 0 Å². The third-order valence-corrected chi connectivity index (χ3v) is 5.90. The van der Waals surface area contributed by atoms with E-state index in [1.54, 1.807) is 42.5 Å². The molecule has 2 amide bonds. The normalized spacial score (nSPS) is 16.7. The summed E-state index contributed by atoms with van der Waals surface area (Å²) in [5.74, 6) is -1.14. The van der Waals surface area contributed by atoms with Crippen LogP contribution in [-0.2, 0) is 20.7 Å². The van der Waals surface area contributed by atoms with Crippen molar-refractivity contribution in [3.63, 3.8) is 0 Å². The molecule has 1 fully saturated rings. The minimum absolute atomic E-state index is 0.199. The molecular formula is C23H25Cl2N3O4. The average Bonchev–Trinajstić information content (AvgIpc) is 2.79. The van der Waals surface area contributed by atoms with Gasteiger partial charge in [0.05, 0.1) is 28.8 Å². The summed E-state index contributed by atoms with van der Waals surface area (Å²) in [6.45, 7) is 0.785. The van der Waals surface area contributed by atoms with Crippen molar-refractivity contribution < 1.29 is 19.1 Å². The number of benzene rings is 2. The molecule has 1 unspecified atom stereocenters. The van der Waals surface area contributed by atoms with E-state index < -0.39 is 17.9 Å². The third kappa shape index (κ3) is 6.22. The third-order valence-electron chi connectivity index (χ3n) is 5.27. The van der Waals surface area contributed by atoms with E-state index in [1.165, 1.54) is 7.11 Å². The molecule has 1 aliphatic heterocycles. The van der Waals surface area contributed by atoms with E-state index in [1.807, 2.05) is 0 Å². The monoisotopic (exact) mass is 477 g/mol. The van der Waals surface area contributed by atoms with Gasteiger partial charge in [-0.15, -0.1) is 0 Å². The van der Waals surface area contributed by atoms with Gasteiger partial charge in [-0.1, -0.05) is 47.8 Å². The number of halogens is 2. The largest absolute Gasteiger partial charge is 0.467 e. The number of esters is 1. The molecule has 2 atom stereocenters. The molecule has 1 aliphatic rings. The summed E-state index contributed by atoms with van der Waals surface area (Å²) in [4.78, 5) is 37.3. The number of hydrogen-bond acceptors (Lipinski definition) is 5. The predicted octanol–water partition coefficient (Wildman–Crippen LogP) is 3.59. The molecule has 0 spiro atoms. The van der Waals surface area contributed by atoms with Crippen LogP contribution in [0.3, 0.4) is 0 Å². The second-order valence-corrected chi connectivity index (χ2v) is 8.35. The molecule has 0 saturated carbocycles. The maximum atomic E-state index is 12.5. The van der Waals surface area contributed by atoms with Crippen molar-refractivity contribution in [1.29, 1.82) is 0 Å². The molecule has 2 aromatic carbocycles. The van der Waals surface area contributed by atoms with E-state index in [0.717, 1.165) is 31.4 Å². The van der Waals surface area contributed by atoms with Crippen molar-refractivity contribution >= 4 is 46.7 Å². The van der Waals surface area contributed by atoms with Gasteiger partial charge in [-0.3, -0.25) is 9.59 Å². The topological polar surface area (TPSA) is 96.5 Å². The van der Waals surface area contributed by atoms with Crippen LogP contribution < -0.4 is 16.0 Å². The average molecular weight is 478 g/mol. The Morgan fingerprint density at radius 3 is 2.38 bits per heavy atom. The Kier molecular flexibility index (Phi) is 8.50. The summed E-state index contributed by atoms with van der Waals surface area (Å²) in [5.41, 5.74) is 1.54. The standard InChI is InChI=1S/C23H25Cl2N3O4/c1-32-23(31)19(28-21(29)18-7-2-3-12-26-18)13-14-8-10-15(11-9-14)27-22(30)20-16(24)5-4-6-17(20)25/h4-6,8-11,18-19,26H,2-3,7,12-13H2,1H3,(H,27,30)(H,28,29)/t18?,19-/m0/s1. The summed E-state index contributed by atoms with van der Waals surface area (Å²) in [6, 6.07) is 10.7. The Labute approximate surface area is 196 Å². The van der Waals surface area contributed by atoms with Crippen molar-refractivity contribution in [2.75, 3.05) is 19.0 Å². The highest BCUT2D eigenvalue weighted by atomic mass is 35.5. The number of ether oxygens (including phenoxy) is 1. The number of carbonyl (C=O) groups excluding carboxylic acids is 3. The van der Waals surface area contributed by atoms with Gasteiger partial charge >= 0.3 is 5.97 Å². The summed E-state index contributed by atoms with van der Waals surface area (Å²) >= 11 is 12.2. The number of piperidine rings is 1. The van der Waals surface area contributed by atoms with Crippen molar-refractivity contribution in [1.82, 2.24) is 10.6 Å². The van der Waals surface area contributed by atoms with Gasteiger partial charge in [-0.2, -0.15) is 0 Å². The molecular weight excluding hydrogens is 453 g/mol. The molecule has 3 rings (SSSR count). The second kappa shape index (κ2) is 11.3. The van der Waals surface area contributed by atoms with Crippen LogP contribution in [0.15, 0.2) is 42.5 Å². The van der Waals surface area contributed by atoms with Crippen LogP contribution in [0.5, 0.6) is 0 Å². The van der Waals surface area contributed by atoms with Crippen LogP contribution in [0.1, 0.15) is 35.2 Å². The van der Waals surface area contributed by atoms with E-state index in [2.05, 4.69) is 16.0 Å². The molecule has 1 heterocycles. The lowest BCUT2D eigenvalue weighted by Crippen LogP contribution is -2.52. The maximum absolute atomic E-state index is 12.5. The predicted molar refractivity (Wildman–Crippen MR) is 124 cm³/mol. The Balaban J connectivity index is 1.64. The molecule has 9 heteroatoms. The molecule has 2 aromatic rings. The fraction of sp³-hybridized carbons (Fsp3) is 0.348. The Hall–Kier alpha value is -2.61. The van der Waals surface area contributed by atoms with Gasteiger partial charge < -0.3 is 20.7 Å². The number of hydrogen-bond donors (Lipinski definition) is 3. The highest BCUT2D eigenvalue weighted by molar-refractivity contribution is 6.40. The fourth-order valence-corrected chi connectivity index (χ4v) is 4.12. The zero-order valence-electron chi connectivity index (χ0n) is 17.6. The number of nitrogens with one attached hydrogen (secondary N) is 3. The van der Waals surface area contributed by atoms with E-state index in [9.17, 15) is 14.4 Å². The lowest BCUT2D eigenvalue weighted by Gasteiger charge is -2.25. The highest BCUT2D eigenvalue weighted by Gasteiger charge is 2.27. The van der Waals surface area contributed by atoms with Gasteiger partial charge in [-0.05, 0) is 49.2 Å². The minimum atomic E-state index is -0.807. The van der Waals surface area contributed by atoms with E-state index in [4.69, 9.17) is 27.9 Å². The van der Waals surface area contributed by atoms with Crippen molar-refractivity contribution in [3.8, 4) is 0 Å². The van der Waals surface area contributed by atoms with Crippen LogP contribution in [0, 0.1) is 0 Å². The summed E-state index contributed by atoms with van der Waals surface area (Å²) in [6.07, 6.45) is 3.01. The SMILES string of the molecule is COC(=O)[C@H](Cc1ccc(NC(=O)c2c(Cl)cccc2Cl)cc1)NC(=O)C1CCCCN1. The molecule has 7 nitrogen and oxygen atoms in total. The number of carbonyl (C=O) groups is 3. The molecule has 0 aromatic heterocycles. The Bertz CT molecular complexity index is 955. The Morgan fingerprint density at radius 2 is 1.78 bits per heavy atom. The second-order valence-electron chi connectivity index (χ2n) is 7.54. The van der Waals surface area contributed by atoms with Gasteiger partial charge in [0.15, 0.2) is 0 Å². The van der Waals surface area contributed by atoms with Gasteiger partial charge in [0.1, 0.15) is 6.04 Å². The first-order valence-corrected chi connectivity index (χ1v) is 11.1. The zero-order chi connectivity index (χ0) is 23.1. The molecule has 0 bridgehead atoms. The number of methoxy groups -OCH3 is 1. The van der Waals surface area contributed by atoms with Crippen LogP contribution >= 0.6 is 23.2 Å². The summed E-state index contributed by atoms with van der Waals surface area (Å²) < 4.78 is 4.86. The van der Waals surface area contributed by atoms with Crippen LogP contribution in [0.25, 0.3) is 0 Å². The van der Waals surface area contributed by atoms with E-state index in [-0.39, 0.29) is 34.0 Å². The first-order chi connectivity index (χ1) is 15.4. The first-order valence-electron chi connectivity index (χ1n) is 10.3. The van der Waals surface area contributed by atoms with E-state index in [0.29, 0.717) is 5.69 Å². The van der Waals surface area contributed by atoms with Crippen LogP contribution in [0.2, 0.25) is 10.0 Å². The van der Waals surface area contributed by atoms with Crippen LogP contribution in [0.4, 0.5) is 5.69 Å². The summed E-state index contributed by atoms with van der Waals surface area (Å²) in [7, 11) is 1.29. The maximum Gasteiger partial charge on any atom is 0.328 e. The molecule has 3 N–H and O–H groups in total. The summed E-state index contributed by atoms with van der Waals surface area (Å²) in [5, 5.41) is 9.23. The molecule has 0 aliphatic carbocycles. The molecule has 1 saturated heterocycles. The Morgan fingerprint density at radius 1 is 1.09 bits per heavy atom. The van der Waals surface area contributed by atoms with E-state index >= 15 is 0 Å². The zero-order valence-corrected chi connectivity index (χ0v) is 19.1. The number of amides is 2. The number of rotatable bonds is 7. The molecule has 0 radical (unpaired) electrons. The lowest BCUT2D eigenvalue weighted by atomic mass is 10.0. The highest BCUT2D eigenvalue weighted by Crippen LogP contribution is 2.25. The number of anilines is 1. The van der Waals surface area contributed by atoms with Crippen molar-refractivity contribution in [2.45, 2.75) is 37.8 Å². The molecule has 32 heavy (non-hydrogen) atoms. The van der Waals surface area contributed by atoms with Gasteiger partial charge in [-0.25, -0.2) is 4.79 Å². The quantitative estimate of drug-likeness (QED) is 0.529. The van der Waals surface area contributed by atoms with Crippen molar-refractivity contribution in [3.05, 3.63) is 63.6 Å². The van der Waals surface area contributed by atoms with Gasteiger partial charge in [0, 0.05) is 12.1 Å². The minimum Gasteiger partial charge on any atom is -0.467 e. The molecule has 170 valence electrons. The lowest BCUT2D eigenvalue weighted by molar-refractivity contribution is -0.145.